The van der Waals surface area contributed by atoms with Crippen molar-refractivity contribution < 1.29 is 9.47 Å². The first kappa shape index (κ1) is 12.6. The van der Waals surface area contributed by atoms with Crippen LogP contribution in [0.2, 0.25) is 0 Å². The summed E-state index contributed by atoms with van der Waals surface area (Å²) in [5.74, 6) is 0. The van der Waals surface area contributed by atoms with E-state index in [-0.39, 0.29) is 6.10 Å². The Kier molecular flexibility index (Phi) is 4.15. The van der Waals surface area contributed by atoms with E-state index in [0.717, 1.165) is 19.6 Å². The average Bonchev–Trinajstić information content (AvgIpc) is 2.29. The largest absolute Gasteiger partial charge is 0.372 e. The Morgan fingerprint density at radius 2 is 2.29 bits per heavy atom. The lowest BCUT2D eigenvalue weighted by Gasteiger charge is -2.29. The Labute approximate surface area is 103 Å². The van der Waals surface area contributed by atoms with Crippen molar-refractivity contribution in [3.05, 3.63) is 34.9 Å². The zero-order chi connectivity index (χ0) is 12.3. The molecule has 0 aliphatic carbocycles. The van der Waals surface area contributed by atoms with Crippen molar-refractivity contribution in [3.8, 4) is 0 Å². The van der Waals surface area contributed by atoms with Gasteiger partial charge in [-0.25, -0.2) is 0 Å². The maximum absolute atomic E-state index is 5.86. The van der Waals surface area contributed by atoms with Crippen LogP contribution in [0.3, 0.4) is 0 Å². The molecule has 1 aromatic rings. The van der Waals surface area contributed by atoms with E-state index in [0.29, 0.717) is 6.73 Å². The number of benzene rings is 1. The van der Waals surface area contributed by atoms with Crippen LogP contribution in [-0.2, 0) is 15.9 Å². The number of hydrogen-bond acceptors (Lipinski definition) is 3. The topological polar surface area (TPSA) is 21.7 Å². The predicted molar refractivity (Wildman–Crippen MR) is 68.1 cm³/mol. The second-order valence-corrected chi connectivity index (χ2v) is 4.77. The summed E-state index contributed by atoms with van der Waals surface area (Å²) in [4.78, 5) is 2.14. The molecule has 1 heterocycles. The molecule has 3 nitrogen and oxygen atoms in total. The minimum Gasteiger partial charge on any atom is -0.372 e. The third kappa shape index (κ3) is 3.06. The van der Waals surface area contributed by atoms with E-state index in [1.165, 1.54) is 16.7 Å². The molecule has 0 amide bonds. The van der Waals surface area contributed by atoms with Crippen LogP contribution in [0.4, 0.5) is 0 Å². The van der Waals surface area contributed by atoms with Crippen LogP contribution in [0.15, 0.2) is 18.2 Å². The van der Waals surface area contributed by atoms with Gasteiger partial charge < -0.3 is 9.47 Å². The van der Waals surface area contributed by atoms with Gasteiger partial charge in [0.15, 0.2) is 0 Å². The fourth-order valence-electron chi connectivity index (χ4n) is 2.37. The Morgan fingerprint density at radius 3 is 3.06 bits per heavy atom. The van der Waals surface area contributed by atoms with Crippen molar-refractivity contribution in [2.24, 2.45) is 0 Å². The van der Waals surface area contributed by atoms with Crippen LogP contribution < -0.4 is 0 Å². The lowest BCUT2D eigenvalue weighted by Crippen LogP contribution is -2.30. The minimum absolute atomic E-state index is 0.180. The van der Waals surface area contributed by atoms with E-state index < -0.39 is 0 Å². The maximum Gasteiger partial charge on any atom is 0.0984 e. The SMILES string of the molecule is COCN(C)CC1OCCc2cc(C)ccc21. The number of rotatable bonds is 4. The van der Waals surface area contributed by atoms with Crippen molar-refractivity contribution >= 4 is 0 Å². The second-order valence-electron chi connectivity index (χ2n) is 4.77. The number of hydrogen-bond donors (Lipinski definition) is 0. The smallest absolute Gasteiger partial charge is 0.0984 e. The van der Waals surface area contributed by atoms with Crippen molar-refractivity contribution in [1.82, 2.24) is 4.90 Å². The van der Waals surface area contributed by atoms with Gasteiger partial charge in [-0.05, 0) is 31.5 Å². The molecule has 0 spiro atoms. The zero-order valence-electron chi connectivity index (χ0n) is 10.9. The molecule has 1 aromatic carbocycles. The molecule has 0 bridgehead atoms. The lowest BCUT2D eigenvalue weighted by atomic mass is 9.95. The van der Waals surface area contributed by atoms with Crippen LogP contribution in [-0.4, -0.2) is 38.9 Å². The number of methoxy groups -OCH3 is 1. The molecule has 17 heavy (non-hydrogen) atoms. The summed E-state index contributed by atoms with van der Waals surface area (Å²) < 4.78 is 11.0. The first-order valence-electron chi connectivity index (χ1n) is 6.09. The summed E-state index contributed by atoms with van der Waals surface area (Å²) in [6.07, 6.45) is 1.21. The molecule has 0 radical (unpaired) electrons. The Morgan fingerprint density at radius 1 is 1.47 bits per heavy atom. The number of aryl methyl sites for hydroxylation is 1. The summed E-state index contributed by atoms with van der Waals surface area (Å²) in [7, 11) is 3.77. The summed E-state index contributed by atoms with van der Waals surface area (Å²) >= 11 is 0. The Bertz CT molecular complexity index is 378. The van der Waals surface area contributed by atoms with Crippen molar-refractivity contribution in [2.75, 3.05) is 34.0 Å². The molecule has 1 unspecified atom stereocenters. The van der Waals surface area contributed by atoms with E-state index in [9.17, 15) is 0 Å². The maximum atomic E-state index is 5.86. The predicted octanol–water partition coefficient (Wildman–Crippen LogP) is 2.14. The highest BCUT2D eigenvalue weighted by Crippen LogP contribution is 2.28. The summed E-state index contributed by atoms with van der Waals surface area (Å²) in [5.41, 5.74) is 4.10. The van der Waals surface area contributed by atoms with Gasteiger partial charge in [0.05, 0.1) is 19.4 Å². The summed E-state index contributed by atoms with van der Waals surface area (Å²) in [6.45, 7) is 4.48. The molecule has 1 atom stereocenters. The van der Waals surface area contributed by atoms with Gasteiger partial charge in [-0.2, -0.15) is 0 Å². The number of fused-ring (bicyclic) bond motifs is 1. The molecule has 1 aliphatic rings. The molecule has 1 aliphatic heterocycles. The third-order valence-electron chi connectivity index (χ3n) is 3.16. The summed E-state index contributed by atoms with van der Waals surface area (Å²) in [5, 5.41) is 0. The normalized spacial score (nSPS) is 19.4. The number of ether oxygens (including phenoxy) is 2. The minimum atomic E-state index is 0.180. The molecular formula is C14H21NO2. The van der Waals surface area contributed by atoms with E-state index in [1.807, 2.05) is 0 Å². The monoisotopic (exact) mass is 235 g/mol. The van der Waals surface area contributed by atoms with Crippen LogP contribution in [0.1, 0.15) is 22.8 Å². The molecule has 0 saturated carbocycles. The molecule has 0 fully saturated rings. The van der Waals surface area contributed by atoms with Gasteiger partial charge in [0.25, 0.3) is 0 Å². The van der Waals surface area contributed by atoms with Gasteiger partial charge in [0, 0.05) is 13.7 Å². The van der Waals surface area contributed by atoms with Gasteiger partial charge in [-0.15, -0.1) is 0 Å². The van der Waals surface area contributed by atoms with E-state index in [1.54, 1.807) is 7.11 Å². The van der Waals surface area contributed by atoms with E-state index in [4.69, 9.17) is 9.47 Å². The van der Waals surface area contributed by atoms with E-state index >= 15 is 0 Å². The second kappa shape index (κ2) is 5.63. The number of nitrogens with zero attached hydrogens (tertiary/aromatic N) is 1. The van der Waals surface area contributed by atoms with Crippen LogP contribution >= 0.6 is 0 Å². The highest BCUT2D eigenvalue weighted by Gasteiger charge is 2.21. The van der Waals surface area contributed by atoms with Crippen LogP contribution in [0.25, 0.3) is 0 Å². The molecular weight excluding hydrogens is 214 g/mol. The first-order chi connectivity index (χ1) is 8.20. The lowest BCUT2D eigenvalue weighted by molar-refractivity contribution is -0.00567. The molecule has 2 rings (SSSR count). The van der Waals surface area contributed by atoms with Crippen molar-refractivity contribution in [2.45, 2.75) is 19.4 Å². The van der Waals surface area contributed by atoms with Gasteiger partial charge in [0.1, 0.15) is 0 Å². The Balaban J connectivity index is 2.11. The summed E-state index contributed by atoms with van der Waals surface area (Å²) in [6, 6.07) is 6.65. The molecule has 94 valence electrons. The van der Waals surface area contributed by atoms with Gasteiger partial charge >= 0.3 is 0 Å². The van der Waals surface area contributed by atoms with E-state index in [2.05, 4.69) is 37.1 Å². The fourth-order valence-corrected chi connectivity index (χ4v) is 2.37. The van der Waals surface area contributed by atoms with Crippen LogP contribution in [0, 0.1) is 6.92 Å². The van der Waals surface area contributed by atoms with Gasteiger partial charge in [-0.1, -0.05) is 23.8 Å². The average molecular weight is 235 g/mol. The standard InChI is InChI=1S/C14H21NO2/c1-11-4-5-13-12(8-11)6-7-17-14(13)9-15(2)10-16-3/h4-5,8,14H,6-7,9-10H2,1-3H3. The zero-order valence-corrected chi connectivity index (χ0v) is 10.9. The molecule has 0 N–H and O–H groups in total. The highest BCUT2D eigenvalue weighted by atomic mass is 16.5. The van der Waals surface area contributed by atoms with Crippen molar-refractivity contribution in [3.63, 3.8) is 0 Å². The number of likely N-dealkylation sites (N-methyl/N-ethyl adjacent to an activating group) is 1. The van der Waals surface area contributed by atoms with Gasteiger partial charge in [-0.3, -0.25) is 4.90 Å². The van der Waals surface area contributed by atoms with Gasteiger partial charge in [0.2, 0.25) is 0 Å². The first-order valence-corrected chi connectivity index (χ1v) is 6.09. The molecule has 0 saturated heterocycles. The Hall–Kier alpha value is -0.900. The quantitative estimate of drug-likeness (QED) is 0.746. The highest BCUT2D eigenvalue weighted by molar-refractivity contribution is 5.34. The van der Waals surface area contributed by atoms with Crippen LogP contribution in [0.5, 0.6) is 0 Å². The van der Waals surface area contributed by atoms with Crippen molar-refractivity contribution in [1.29, 1.82) is 0 Å². The molecule has 0 aromatic heterocycles. The third-order valence-corrected chi connectivity index (χ3v) is 3.16. The fraction of sp³-hybridized carbons (Fsp3) is 0.571. The molecule has 3 heteroatoms.